The number of fused-ring (bicyclic) bond motifs is 3. The van der Waals surface area contributed by atoms with Crippen molar-refractivity contribution in [3.8, 4) is 11.1 Å². The summed E-state index contributed by atoms with van der Waals surface area (Å²) in [6.45, 7) is 6.85. The van der Waals surface area contributed by atoms with Gasteiger partial charge in [0, 0.05) is 0 Å². The van der Waals surface area contributed by atoms with E-state index < -0.39 is 0 Å². The van der Waals surface area contributed by atoms with Crippen LogP contribution in [-0.4, -0.2) is 0 Å². The minimum Gasteiger partial charge on any atom is -0.0646 e. The lowest BCUT2D eigenvalue weighted by Crippen LogP contribution is -2.14. The molecule has 0 heterocycles. The molecular formula is C27H32. The Labute approximate surface area is 164 Å². The highest BCUT2D eigenvalue weighted by Crippen LogP contribution is 2.57. The van der Waals surface area contributed by atoms with E-state index in [0.717, 1.165) is 5.92 Å². The number of hydrogen-bond donors (Lipinski definition) is 0. The van der Waals surface area contributed by atoms with Gasteiger partial charge in [0.05, 0.1) is 0 Å². The summed E-state index contributed by atoms with van der Waals surface area (Å²) in [4.78, 5) is 0. The minimum atomic E-state index is 0.212. The standard InChI is InChI=1S/C27H32/c1-26(2,3)23-9-7-21(8-10-23)24-6-4-5-22-15-20(16-25(22)24)18-27-13-11-19(17-27)12-14-27/h4-10,16,19H,11-15,17-18H2,1-3H3. The van der Waals surface area contributed by atoms with E-state index in [2.05, 4.69) is 69.3 Å². The van der Waals surface area contributed by atoms with Gasteiger partial charge in [-0.2, -0.15) is 0 Å². The lowest BCUT2D eigenvalue weighted by Gasteiger charge is -2.27. The first-order valence-corrected chi connectivity index (χ1v) is 10.8. The van der Waals surface area contributed by atoms with E-state index >= 15 is 0 Å². The van der Waals surface area contributed by atoms with Crippen LogP contribution in [0.25, 0.3) is 17.2 Å². The SMILES string of the molecule is CC(C)(C)c1ccc(-c2cccc3c2C=C(CC24CCC(CC2)C4)C3)cc1. The number of allylic oxidation sites excluding steroid dienone is 1. The molecule has 0 spiro atoms. The van der Waals surface area contributed by atoms with Gasteiger partial charge in [0.25, 0.3) is 0 Å². The molecule has 3 aliphatic rings. The van der Waals surface area contributed by atoms with E-state index in [1.54, 1.807) is 5.57 Å². The topological polar surface area (TPSA) is 0 Å². The van der Waals surface area contributed by atoms with Crippen molar-refractivity contribution in [3.05, 3.63) is 64.7 Å². The van der Waals surface area contributed by atoms with Crippen LogP contribution in [0.2, 0.25) is 0 Å². The number of rotatable bonds is 3. The van der Waals surface area contributed by atoms with Crippen molar-refractivity contribution in [3.63, 3.8) is 0 Å². The summed E-state index contributed by atoms with van der Waals surface area (Å²) in [6.07, 6.45) is 12.5. The fourth-order valence-electron chi connectivity index (χ4n) is 5.99. The third kappa shape index (κ3) is 3.08. The van der Waals surface area contributed by atoms with Gasteiger partial charge >= 0.3 is 0 Å². The molecule has 0 saturated heterocycles. The van der Waals surface area contributed by atoms with E-state index in [1.165, 1.54) is 72.8 Å². The van der Waals surface area contributed by atoms with Crippen molar-refractivity contribution in [1.82, 2.24) is 0 Å². The quantitative estimate of drug-likeness (QED) is 0.532. The van der Waals surface area contributed by atoms with Crippen molar-refractivity contribution in [2.24, 2.45) is 11.3 Å². The summed E-state index contributed by atoms with van der Waals surface area (Å²) in [5.74, 6) is 1.05. The predicted octanol–water partition coefficient (Wildman–Crippen LogP) is 7.56. The van der Waals surface area contributed by atoms with E-state index in [0.29, 0.717) is 5.41 Å². The largest absolute Gasteiger partial charge is 0.0646 e. The Hall–Kier alpha value is -1.82. The predicted molar refractivity (Wildman–Crippen MR) is 116 cm³/mol. The molecule has 2 saturated carbocycles. The first kappa shape index (κ1) is 17.3. The molecule has 0 aliphatic heterocycles. The Bertz CT molecular complexity index is 881. The van der Waals surface area contributed by atoms with Crippen molar-refractivity contribution >= 4 is 6.08 Å². The fraction of sp³-hybridized carbons (Fsp3) is 0.481. The second kappa shape index (κ2) is 6.09. The Morgan fingerprint density at radius 1 is 0.963 bits per heavy atom. The zero-order chi connectivity index (χ0) is 18.6. The van der Waals surface area contributed by atoms with Crippen LogP contribution in [-0.2, 0) is 11.8 Å². The smallest absolute Gasteiger partial charge is 0.00574 e. The van der Waals surface area contributed by atoms with Crippen LogP contribution in [0.3, 0.4) is 0 Å². The third-order valence-corrected chi connectivity index (χ3v) is 7.51. The summed E-state index contributed by atoms with van der Waals surface area (Å²) in [5.41, 5.74) is 9.76. The van der Waals surface area contributed by atoms with Gasteiger partial charge in [-0.1, -0.05) is 74.9 Å². The van der Waals surface area contributed by atoms with Crippen molar-refractivity contribution in [2.45, 2.75) is 71.1 Å². The van der Waals surface area contributed by atoms with Crippen LogP contribution in [0.4, 0.5) is 0 Å². The van der Waals surface area contributed by atoms with Crippen LogP contribution in [0, 0.1) is 11.3 Å². The van der Waals surface area contributed by atoms with Crippen LogP contribution < -0.4 is 0 Å². The Morgan fingerprint density at radius 2 is 1.70 bits per heavy atom. The highest BCUT2D eigenvalue weighted by Gasteiger charge is 2.45. The summed E-state index contributed by atoms with van der Waals surface area (Å²) < 4.78 is 0. The van der Waals surface area contributed by atoms with E-state index in [4.69, 9.17) is 0 Å². The molecule has 2 bridgehead atoms. The summed E-state index contributed by atoms with van der Waals surface area (Å²) >= 11 is 0. The van der Waals surface area contributed by atoms with Gasteiger partial charge in [-0.15, -0.1) is 0 Å². The van der Waals surface area contributed by atoms with Crippen molar-refractivity contribution < 1.29 is 0 Å². The van der Waals surface area contributed by atoms with Crippen molar-refractivity contribution in [1.29, 1.82) is 0 Å². The Kier molecular flexibility index (Phi) is 3.90. The second-order valence-corrected chi connectivity index (χ2v) is 10.5. The molecule has 0 N–H and O–H groups in total. The molecule has 3 aliphatic carbocycles. The molecule has 140 valence electrons. The molecule has 2 aromatic rings. The number of benzene rings is 2. The Balaban J connectivity index is 1.44. The second-order valence-electron chi connectivity index (χ2n) is 10.5. The highest BCUT2D eigenvalue weighted by atomic mass is 14.5. The lowest BCUT2D eigenvalue weighted by atomic mass is 9.78. The monoisotopic (exact) mass is 356 g/mol. The first-order chi connectivity index (χ1) is 12.9. The molecule has 0 radical (unpaired) electrons. The van der Waals surface area contributed by atoms with Crippen LogP contribution in [0.5, 0.6) is 0 Å². The molecule has 5 rings (SSSR count). The molecular weight excluding hydrogens is 324 g/mol. The average Bonchev–Trinajstić information content (AvgIpc) is 3.34. The van der Waals surface area contributed by atoms with E-state index in [1.807, 2.05) is 0 Å². The molecule has 2 aromatic carbocycles. The molecule has 2 fully saturated rings. The first-order valence-electron chi connectivity index (χ1n) is 10.8. The van der Waals surface area contributed by atoms with Gasteiger partial charge in [0.2, 0.25) is 0 Å². The van der Waals surface area contributed by atoms with Gasteiger partial charge in [-0.25, -0.2) is 0 Å². The third-order valence-electron chi connectivity index (χ3n) is 7.51. The summed E-state index contributed by atoms with van der Waals surface area (Å²) in [6, 6.07) is 16.2. The lowest BCUT2D eigenvalue weighted by molar-refractivity contribution is 0.291. The molecule has 0 nitrogen and oxygen atoms in total. The summed E-state index contributed by atoms with van der Waals surface area (Å²) in [7, 11) is 0. The zero-order valence-electron chi connectivity index (χ0n) is 17.1. The molecule has 0 unspecified atom stereocenters. The van der Waals surface area contributed by atoms with E-state index in [-0.39, 0.29) is 5.41 Å². The molecule has 0 heteroatoms. The van der Waals surface area contributed by atoms with Gasteiger partial charge in [-0.3, -0.25) is 0 Å². The molecule has 0 aromatic heterocycles. The average molecular weight is 357 g/mol. The van der Waals surface area contributed by atoms with Crippen LogP contribution in [0.15, 0.2) is 48.0 Å². The maximum atomic E-state index is 2.54. The minimum absolute atomic E-state index is 0.212. The maximum absolute atomic E-state index is 2.54. The van der Waals surface area contributed by atoms with Gasteiger partial charge in [0.1, 0.15) is 0 Å². The number of hydrogen-bond acceptors (Lipinski definition) is 0. The maximum Gasteiger partial charge on any atom is -0.00574 e. The molecule has 0 amide bonds. The van der Waals surface area contributed by atoms with Crippen molar-refractivity contribution in [2.75, 3.05) is 0 Å². The van der Waals surface area contributed by atoms with Gasteiger partial charge in [-0.05, 0) is 89.5 Å². The van der Waals surface area contributed by atoms with E-state index in [9.17, 15) is 0 Å². The fourth-order valence-corrected chi connectivity index (χ4v) is 5.99. The zero-order valence-corrected chi connectivity index (χ0v) is 17.1. The van der Waals surface area contributed by atoms with Gasteiger partial charge in [0.15, 0.2) is 0 Å². The Morgan fingerprint density at radius 3 is 2.33 bits per heavy atom. The highest BCUT2D eigenvalue weighted by molar-refractivity contribution is 5.81. The normalized spacial score (nSPS) is 26.3. The summed E-state index contributed by atoms with van der Waals surface area (Å²) in [5, 5.41) is 0. The van der Waals surface area contributed by atoms with Crippen LogP contribution in [0.1, 0.15) is 76.0 Å². The molecule has 27 heavy (non-hydrogen) atoms. The molecule has 0 atom stereocenters. The van der Waals surface area contributed by atoms with Gasteiger partial charge < -0.3 is 0 Å². The van der Waals surface area contributed by atoms with Crippen LogP contribution >= 0.6 is 0 Å².